The van der Waals surface area contributed by atoms with Crippen LogP contribution in [0.4, 0.5) is 0 Å². The van der Waals surface area contributed by atoms with Gasteiger partial charge in [0, 0.05) is 25.7 Å². The Morgan fingerprint density at radius 2 is 2.00 bits per heavy atom. The molecule has 0 aliphatic carbocycles. The summed E-state index contributed by atoms with van der Waals surface area (Å²) >= 11 is 0. The van der Waals surface area contributed by atoms with Gasteiger partial charge in [-0.3, -0.25) is 4.99 Å². The number of guanidine groups is 1. The van der Waals surface area contributed by atoms with Crippen LogP contribution in [0, 0.1) is 12.8 Å². The van der Waals surface area contributed by atoms with E-state index in [1.165, 1.54) is 37.9 Å². The molecule has 6 heteroatoms. The van der Waals surface area contributed by atoms with E-state index >= 15 is 0 Å². The molecule has 1 saturated heterocycles. The third-order valence-electron chi connectivity index (χ3n) is 4.80. The average molecular weight is 460 g/mol. The highest BCUT2D eigenvalue weighted by atomic mass is 127. The summed E-state index contributed by atoms with van der Waals surface area (Å²) in [5, 5.41) is 6.81. The van der Waals surface area contributed by atoms with Crippen molar-refractivity contribution < 1.29 is 4.74 Å². The van der Waals surface area contributed by atoms with Gasteiger partial charge in [-0.15, -0.1) is 24.0 Å². The maximum Gasteiger partial charge on any atom is 0.191 e. The minimum atomic E-state index is 0. The zero-order valence-electron chi connectivity index (χ0n) is 16.0. The number of halogens is 1. The lowest BCUT2D eigenvalue weighted by Gasteiger charge is -2.29. The first-order valence-corrected chi connectivity index (χ1v) is 8.89. The van der Waals surface area contributed by atoms with E-state index in [-0.39, 0.29) is 24.0 Å². The number of hydrogen-bond acceptors (Lipinski definition) is 3. The number of aliphatic imine (C=N–C) groups is 1. The first kappa shape index (κ1) is 22.0. The Kier molecular flexibility index (Phi) is 10.2. The number of rotatable bonds is 6. The third kappa shape index (κ3) is 7.40. The second-order valence-corrected chi connectivity index (χ2v) is 6.70. The van der Waals surface area contributed by atoms with Gasteiger partial charge in [-0.2, -0.15) is 0 Å². The first-order chi connectivity index (χ1) is 11.6. The number of likely N-dealkylation sites (tertiary alicyclic amines) is 1. The first-order valence-electron chi connectivity index (χ1n) is 8.89. The van der Waals surface area contributed by atoms with Gasteiger partial charge in [-0.05, 0) is 63.9 Å². The van der Waals surface area contributed by atoms with Crippen LogP contribution >= 0.6 is 24.0 Å². The van der Waals surface area contributed by atoms with Gasteiger partial charge in [0.25, 0.3) is 0 Å². The van der Waals surface area contributed by atoms with Gasteiger partial charge >= 0.3 is 0 Å². The number of methoxy groups -OCH3 is 1. The fourth-order valence-electron chi connectivity index (χ4n) is 3.14. The van der Waals surface area contributed by atoms with Crippen molar-refractivity contribution in [2.24, 2.45) is 10.9 Å². The molecule has 0 saturated carbocycles. The Morgan fingerprint density at radius 1 is 1.28 bits per heavy atom. The highest BCUT2D eigenvalue weighted by Crippen LogP contribution is 2.20. The number of nitrogens with zero attached hydrogens (tertiary/aromatic N) is 2. The van der Waals surface area contributed by atoms with Crippen molar-refractivity contribution in [1.29, 1.82) is 0 Å². The molecule has 0 aromatic heterocycles. The molecule has 1 aliphatic heterocycles. The topological polar surface area (TPSA) is 48.9 Å². The number of hydrogen-bond donors (Lipinski definition) is 2. The molecule has 1 aliphatic rings. The smallest absolute Gasteiger partial charge is 0.191 e. The van der Waals surface area contributed by atoms with E-state index in [1.54, 1.807) is 7.11 Å². The quantitative estimate of drug-likeness (QED) is 0.390. The summed E-state index contributed by atoms with van der Waals surface area (Å²) in [5.41, 5.74) is 2.35. The van der Waals surface area contributed by atoms with Gasteiger partial charge in [-0.25, -0.2) is 0 Å². The Bertz CT molecular complexity index is 542. The molecular formula is C19H33IN4O. The van der Waals surface area contributed by atoms with Crippen LogP contribution in [-0.2, 0) is 6.54 Å². The van der Waals surface area contributed by atoms with E-state index in [4.69, 9.17) is 4.74 Å². The minimum Gasteiger partial charge on any atom is -0.496 e. The molecule has 1 aromatic rings. The lowest BCUT2D eigenvalue weighted by Crippen LogP contribution is -2.38. The van der Waals surface area contributed by atoms with Crippen LogP contribution in [0.25, 0.3) is 0 Å². The summed E-state index contributed by atoms with van der Waals surface area (Å²) < 4.78 is 5.46. The summed E-state index contributed by atoms with van der Waals surface area (Å²) in [6.07, 6.45) is 3.83. The Morgan fingerprint density at radius 3 is 2.64 bits per heavy atom. The van der Waals surface area contributed by atoms with Crippen LogP contribution in [-0.4, -0.2) is 51.7 Å². The molecule has 0 unspecified atom stereocenters. The maximum absolute atomic E-state index is 5.46. The Hall–Kier alpha value is -1.02. The molecule has 142 valence electrons. The van der Waals surface area contributed by atoms with Gasteiger partial charge in [0.2, 0.25) is 0 Å². The van der Waals surface area contributed by atoms with E-state index in [0.717, 1.165) is 29.7 Å². The summed E-state index contributed by atoms with van der Waals surface area (Å²) in [7, 11) is 5.74. The summed E-state index contributed by atoms with van der Waals surface area (Å²) in [6, 6.07) is 6.27. The van der Waals surface area contributed by atoms with E-state index in [0.29, 0.717) is 6.54 Å². The number of benzene rings is 1. The number of piperidine rings is 1. The fraction of sp³-hybridized carbons (Fsp3) is 0.632. The molecule has 0 spiro atoms. The standard InChI is InChI=1S/C19H32N4O.HI/c1-15-5-6-17(18(13-15)24-4)14-22-19(20-2)21-10-7-16-8-11-23(3)12-9-16;/h5-6,13,16H,7-12,14H2,1-4H3,(H2,20,21,22);1H. The molecule has 1 aromatic carbocycles. The fourth-order valence-corrected chi connectivity index (χ4v) is 3.14. The Balaban J connectivity index is 0.00000312. The molecule has 25 heavy (non-hydrogen) atoms. The highest BCUT2D eigenvalue weighted by Gasteiger charge is 2.16. The highest BCUT2D eigenvalue weighted by molar-refractivity contribution is 14.0. The van der Waals surface area contributed by atoms with Crippen LogP contribution in [0.1, 0.15) is 30.4 Å². The van der Waals surface area contributed by atoms with Crippen LogP contribution in [0.5, 0.6) is 5.75 Å². The monoisotopic (exact) mass is 460 g/mol. The largest absolute Gasteiger partial charge is 0.496 e. The van der Waals surface area contributed by atoms with Gasteiger partial charge in [0.15, 0.2) is 5.96 Å². The molecule has 5 nitrogen and oxygen atoms in total. The predicted octanol–water partition coefficient (Wildman–Crippen LogP) is 3.02. The normalized spacial score (nSPS) is 16.2. The van der Waals surface area contributed by atoms with E-state index in [1.807, 2.05) is 7.05 Å². The van der Waals surface area contributed by atoms with Gasteiger partial charge in [0.05, 0.1) is 7.11 Å². The van der Waals surface area contributed by atoms with Crippen molar-refractivity contribution in [2.75, 3.05) is 40.8 Å². The van der Waals surface area contributed by atoms with Gasteiger partial charge in [0.1, 0.15) is 5.75 Å². The van der Waals surface area contributed by atoms with E-state index in [9.17, 15) is 0 Å². The molecule has 1 fully saturated rings. The number of ether oxygens (including phenoxy) is 1. The van der Waals surface area contributed by atoms with Crippen molar-refractivity contribution in [3.63, 3.8) is 0 Å². The Labute approximate surface area is 169 Å². The average Bonchev–Trinajstić information content (AvgIpc) is 2.60. The lowest BCUT2D eigenvalue weighted by molar-refractivity contribution is 0.213. The third-order valence-corrected chi connectivity index (χ3v) is 4.80. The molecular weight excluding hydrogens is 427 g/mol. The second-order valence-electron chi connectivity index (χ2n) is 6.70. The molecule has 0 bridgehead atoms. The van der Waals surface area contributed by atoms with Gasteiger partial charge in [-0.1, -0.05) is 12.1 Å². The summed E-state index contributed by atoms with van der Waals surface area (Å²) in [5.74, 6) is 2.61. The van der Waals surface area contributed by atoms with Crippen LogP contribution in [0.2, 0.25) is 0 Å². The van der Waals surface area contributed by atoms with E-state index < -0.39 is 0 Å². The lowest BCUT2D eigenvalue weighted by atomic mass is 9.94. The maximum atomic E-state index is 5.46. The second kappa shape index (κ2) is 11.6. The minimum absolute atomic E-state index is 0. The van der Waals surface area contributed by atoms with Crippen molar-refractivity contribution in [3.8, 4) is 5.75 Å². The SMILES string of the molecule is CN=C(NCCC1CCN(C)CC1)NCc1ccc(C)cc1OC.I. The molecule has 0 amide bonds. The molecule has 2 rings (SSSR count). The van der Waals surface area contributed by atoms with Crippen LogP contribution in [0.15, 0.2) is 23.2 Å². The van der Waals surface area contributed by atoms with Crippen molar-refractivity contribution in [3.05, 3.63) is 29.3 Å². The van der Waals surface area contributed by atoms with Crippen molar-refractivity contribution in [2.45, 2.75) is 32.7 Å². The number of nitrogens with one attached hydrogen (secondary N) is 2. The predicted molar refractivity (Wildman–Crippen MR) is 116 cm³/mol. The molecule has 2 N–H and O–H groups in total. The molecule has 1 heterocycles. The van der Waals surface area contributed by atoms with Crippen LogP contribution < -0.4 is 15.4 Å². The van der Waals surface area contributed by atoms with Gasteiger partial charge < -0.3 is 20.3 Å². The van der Waals surface area contributed by atoms with Crippen molar-refractivity contribution >= 4 is 29.9 Å². The summed E-state index contributed by atoms with van der Waals surface area (Å²) in [4.78, 5) is 6.73. The summed E-state index contributed by atoms with van der Waals surface area (Å²) in [6.45, 7) is 6.20. The zero-order chi connectivity index (χ0) is 17.4. The molecule has 0 radical (unpaired) electrons. The van der Waals surface area contributed by atoms with Crippen molar-refractivity contribution in [1.82, 2.24) is 15.5 Å². The van der Waals surface area contributed by atoms with E-state index in [2.05, 4.69) is 52.7 Å². The van der Waals surface area contributed by atoms with Crippen LogP contribution in [0.3, 0.4) is 0 Å². The number of aryl methyl sites for hydroxylation is 1. The molecule has 0 atom stereocenters. The zero-order valence-corrected chi connectivity index (χ0v) is 18.3.